The second kappa shape index (κ2) is 8.12. The van der Waals surface area contributed by atoms with E-state index >= 15 is 0 Å². The van der Waals surface area contributed by atoms with Gasteiger partial charge in [-0.3, -0.25) is 0 Å². The Morgan fingerprint density at radius 3 is 2.56 bits per heavy atom. The molecule has 0 saturated carbocycles. The Kier molecular flexibility index (Phi) is 6.77. The van der Waals surface area contributed by atoms with E-state index in [9.17, 15) is 4.39 Å². The van der Waals surface area contributed by atoms with Crippen molar-refractivity contribution in [1.82, 2.24) is 0 Å². The van der Waals surface area contributed by atoms with E-state index < -0.39 is 0 Å². The Morgan fingerprint density at radius 2 is 1.89 bits per heavy atom. The summed E-state index contributed by atoms with van der Waals surface area (Å²) in [5, 5.41) is 3.46. The van der Waals surface area contributed by atoms with Crippen molar-refractivity contribution in [3.63, 3.8) is 0 Å². The fraction of sp³-hybridized carbons (Fsp3) is 0.625. The summed E-state index contributed by atoms with van der Waals surface area (Å²) in [5.74, 6) is -0.162. The molecular formula is C16H26FN. The van der Waals surface area contributed by atoms with Crippen molar-refractivity contribution >= 4 is 5.69 Å². The second-order valence-corrected chi connectivity index (χ2v) is 5.21. The first-order chi connectivity index (χ1) is 8.63. The van der Waals surface area contributed by atoms with Gasteiger partial charge in [0.05, 0.1) is 0 Å². The highest BCUT2D eigenvalue weighted by molar-refractivity contribution is 5.51. The maximum absolute atomic E-state index is 13.0. The van der Waals surface area contributed by atoms with Crippen LogP contribution in [0.4, 0.5) is 10.1 Å². The van der Waals surface area contributed by atoms with Crippen molar-refractivity contribution in [2.45, 2.75) is 65.3 Å². The first-order valence-electron chi connectivity index (χ1n) is 7.16. The Morgan fingerprint density at radius 1 is 1.17 bits per heavy atom. The molecule has 0 spiro atoms. The summed E-state index contributed by atoms with van der Waals surface area (Å²) in [7, 11) is 0. The number of unbranched alkanes of at least 4 members (excludes halogenated alkanes) is 4. The third kappa shape index (κ3) is 5.52. The number of nitrogens with one attached hydrogen (secondary N) is 1. The van der Waals surface area contributed by atoms with Crippen molar-refractivity contribution in [3.8, 4) is 0 Å². The minimum atomic E-state index is -0.162. The number of halogens is 1. The van der Waals surface area contributed by atoms with Gasteiger partial charge in [-0.15, -0.1) is 0 Å². The van der Waals surface area contributed by atoms with Crippen molar-refractivity contribution in [2.75, 3.05) is 5.32 Å². The maximum Gasteiger partial charge on any atom is 0.123 e. The molecule has 1 nitrogen and oxygen atoms in total. The zero-order valence-corrected chi connectivity index (χ0v) is 11.9. The van der Waals surface area contributed by atoms with Gasteiger partial charge in [-0.05, 0) is 44.0 Å². The molecule has 0 heterocycles. The number of benzene rings is 1. The van der Waals surface area contributed by atoms with E-state index in [0.717, 1.165) is 11.3 Å². The zero-order valence-electron chi connectivity index (χ0n) is 11.9. The predicted molar refractivity (Wildman–Crippen MR) is 77.6 cm³/mol. The molecule has 0 bridgehead atoms. The van der Waals surface area contributed by atoms with Crippen LogP contribution in [0.3, 0.4) is 0 Å². The Labute approximate surface area is 111 Å². The molecule has 0 amide bonds. The van der Waals surface area contributed by atoms with E-state index in [0.29, 0.717) is 6.04 Å². The van der Waals surface area contributed by atoms with Gasteiger partial charge in [0, 0.05) is 11.7 Å². The summed E-state index contributed by atoms with van der Waals surface area (Å²) < 4.78 is 13.0. The second-order valence-electron chi connectivity index (χ2n) is 5.21. The smallest absolute Gasteiger partial charge is 0.123 e. The third-order valence-electron chi connectivity index (χ3n) is 3.33. The Balaban J connectivity index is 2.28. The van der Waals surface area contributed by atoms with Gasteiger partial charge in [0.1, 0.15) is 5.82 Å². The fourth-order valence-electron chi connectivity index (χ4n) is 2.18. The predicted octanol–water partition coefficient (Wildman–Crippen LogP) is 5.30. The summed E-state index contributed by atoms with van der Waals surface area (Å²) in [4.78, 5) is 0. The molecule has 0 fully saturated rings. The minimum absolute atomic E-state index is 0.162. The van der Waals surface area contributed by atoms with Crippen LogP contribution in [0.1, 0.15) is 57.9 Å². The molecule has 0 aliphatic heterocycles. The molecule has 0 radical (unpaired) electrons. The number of anilines is 1. The summed E-state index contributed by atoms with van der Waals surface area (Å²) in [6.45, 7) is 6.38. The van der Waals surface area contributed by atoms with E-state index in [2.05, 4.69) is 19.2 Å². The monoisotopic (exact) mass is 251 g/mol. The van der Waals surface area contributed by atoms with Gasteiger partial charge in [-0.1, -0.05) is 39.0 Å². The molecule has 0 aliphatic rings. The van der Waals surface area contributed by atoms with E-state index in [-0.39, 0.29) is 5.82 Å². The van der Waals surface area contributed by atoms with Crippen LogP contribution in [-0.2, 0) is 0 Å². The summed E-state index contributed by atoms with van der Waals surface area (Å²) in [6.07, 6.45) is 7.76. The normalized spacial score (nSPS) is 12.4. The lowest BCUT2D eigenvalue weighted by Gasteiger charge is -2.17. The minimum Gasteiger partial charge on any atom is -0.382 e. The van der Waals surface area contributed by atoms with Crippen LogP contribution in [0.25, 0.3) is 0 Å². The van der Waals surface area contributed by atoms with Gasteiger partial charge in [0.2, 0.25) is 0 Å². The molecule has 1 aromatic carbocycles. The highest BCUT2D eigenvalue weighted by Crippen LogP contribution is 2.18. The zero-order chi connectivity index (χ0) is 13.4. The molecule has 1 aromatic rings. The number of hydrogen-bond acceptors (Lipinski definition) is 1. The van der Waals surface area contributed by atoms with E-state index in [1.807, 2.05) is 13.0 Å². The molecule has 102 valence electrons. The van der Waals surface area contributed by atoms with Crippen LogP contribution >= 0.6 is 0 Å². The van der Waals surface area contributed by atoms with Crippen LogP contribution in [-0.4, -0.2) is 6.04 Å². The molecule has 18 heavy (non-hydrogen) atoms. The van der Waals surface area contributed by atoms with Gasteiger partial charge in [-0.25, -0.2) is 4.39 Å². The average Bonchev–Trinajstić information content (AvgIpc) is 2.32. The summed E-state index contributed by atoms with van der Waals surface area (Å²) in [6, 6.07) is 5.38. The molecule has 0 saturated heterocycles. The first kappa shape index (κ1) is 15.0. The van der Waals surface area contributed by atoms with Crippen LogP contribution in [0.15, 0.2) is 18.2 Å². The van der Waals surface area contributed by atoms with Gasteiger partial charge in [0.15, 0.2) is 0 Å². The number of rotatable bonds is 8. The third-order valence-corrected chi connectivity index (χ3v) is 3.33. The van der Waals surface area contributed by atoms with Crippen LogP contribution < -0.4 is 5.32 Å². The SMILES string of the molecule is CCCCCCCC(C)Nc1ccc(F)cc1C. The van der Waals surface area contributed by atoms with Gasteiger partial charge in [-0.2, -0.15) is 0 Å². The van der Waals surface area contributed by atoms with Gasteiger partial charge >= 0.3 is 0 Å². The average molecular weight is 251 g/mol. The van der Waals surface area contributed by atoms with E-state index in [1.54, 1.807) is 6.07 Å². The molecule has 1 atom stereocenters. The standard InChI is InChI=1S/C16H26FN/c1-4-5-6-7-8-9-14(3)18-16-11-10-15(17)12-13(16)2/h10-12,14,18H,4-9H2,1-3H3. The highest BCUT2D eigenvalue weighted by Gasteiger charge is 2.04. The summed E-state index contributed by atoms with van der Waals surface area (Å²) >= 11 is 0. The van der Waals surface area contributed by atoms with Crippen LogP contribution in [0.2, 0.25) is 0 Å². The number of aryl methyl sites for hydroxylation is 1. The number of hydrogen-bond donors (Lipinski definition) is 1. The van der Waals surface area contributed by atoms with Crippen molar-refractivity contribution in [1.29, 1.82) is 0 Å². The highest BCUT2D eigenvalue weighted by atomic mass is 19.1. The van der Waals surface area contributed by atoms with Gasteiger partial charge < -0.3 is 5.32 Å². The fourth-order valence-corrected chi connectivity index (χ4v) is 2.18. The molecule has 1 rings (SSSR count). The Bertz CT molecular complexity index is 349. The molecule has 1 unspecified atom stereocenters. The van der Waals surface area contributed by atoms with Crippen molar-refractivity contribution in [3.05, 3.63) is 29.6 Å². The van der Waals surface area contributed by atoms with Gasteiger partial charge in [0.25, 0.3) is 0 Å². The van der Waals surface area contributed by atoms with Crippen LogP contribution in [0, 0.1) is 12.7 Å². The van der Waals surface area contributed by atoms with E-state index in [4.69, 9.17) is 0 Å². The molecule has 1 N–H and O–H groups in total. The summed E-state index contributed by atoms with van der Waals surface area (Å²) in [5.41, 5.74) is 2.03. The molecular weight excluding hydrogens is 225 g/mol. The quantitative estimate of drug-likeness (QED) is 0.619. The van der Waals surface area contributed by atoms with Crippen molar-refractivity contribution in [2.24, 2.45) is 0 Å². The van der Waals surface area contributed by atoms with E-state index in [1.165, 1.54) is 44.6 Å². The Hall–Kier alpha value is -1.05. The largest absolute Gasteiger partial charge is 0.382 e. The lowest BCUT2D eigenvalue weighted by Crippen LogP contribution is -2.15. The van der Waals surface area contributed by atoms with Crippen molar-refractivity contribution < 1.29 is 4.39 Å². The molecule has 0 aliphatic carbocycles. The first-order valence-corrected chi connectivity index (χ1v) is 7.16. The molecule has 2 heteroatoms. The lowest BCUT2D eigenvalue weighted by atomic mass is 10.1. The molecule has 0 aromatic heterocycles. The maximum atomic E-state index is 13.0. The van der Waals surface area contributed by atoms with Crippen LogP contribution in [0.5, 0.6) is 0 Å². The topological polar surface area (TPSA) is 12.0 Å². The lowest BCUT2D eigenvalue weighted by molar-refractivity contribution is 0.578.